The molecular formula is C16H15F3N2O. The first-order valence-electron chi connectivity index (χ1n) is 6.86. The number of hydrogen-bond donors (Lipinski definition) is 0. The Morgan fingerprint density at radius 3 is 2.45 bits per heavy atom. The van der Waals surface area contributed by atoms with E-state index in [9.17, 15) is 18.0 Å². The van der Waals surface area contributed by atoms with E-state index in [0.717, 1.165) is 17.2 Å². The lowest BCUT2D eigenvalue weighted by atomic mass is 10.1. The zero-order chi connectivity index (χ0) is 16.2. The van der Waals surface area contributed by atoms with Gasteiger partial charge in [0.25, 0.3) is 5.56 Å². The molecule has 0 aliphatic heterocycles. The standard InChI is InChI=1S/C16H15F3N2O/c1-2-3-9-20-21-14(12-7-5-4-6-8-12)10-13(11-15(21)22)16(17,18)19/h4-11H,2-3H2,1H3. The van der Waals surface area contributed by atoms with Crippen molar-refractivity contribution in [3.63, 3.8) is 0 Å². The van der Waals surface area contributed by atoms with E-state index in [1.165, 1.54) is 6.21 Å². The second kappa shape index (κ2) is 6.60. The molecule has 0 aliphatic rings. The normalized spacial score (nSPS) is 12.0. The topological polar surface area (TPSA) is 34.4 Å². The van der Waals surface area contributed by atoms with Crippen molar-refractivity contribution in [1.29, 1.82) is 0 Å². The number of unbranched alkanes of at least 4 members (excludes halogenated alkanes) is 1. The van der Waals surface area contributed by atoms with Crippen molar-refractivity contribution in [3.05, 3.63) is 58.4 Å². The van der Waals surface area contributed by atoms with Gasteiger partial charge in [-0.15, -0.1) is 0 Å². The first-order valence-corrected chi connectivity index (χ1v) is 6.86. The second-order valence-electron chi connectivity index (χ2n) is 4.73. The molecule has 0 bridgehead atoms. The van der Waals surface area contributed by atoms with Crippen molar-refractivity contribution in [1.82, 2.24) is 4.68 Å². The summed E-state index contributed by atoms with van der Waals surface area (Å²) in [4.78, 5) is 12.0. The molecule has 2 aromatic rings. The van der Waals surface area contributed by atoms with Crippen molar-refractivity contribution in [2.75, 3.05) is 0 Å². The van der Waals surface area contributed by atoms with Gasteiger partial charge in [0.1, 0.15) is 0 Å². The minimum absolute atomic E-state index is 0.118. The molecule has 0 saturated carbocycles. The molecule has 0 saturated heterocycles. The smallest absolute Gasteiger partial charge is 0.267 e. The number of rotatable bonds is 4. The van der Waals surface area contributed by atoms with E-state index in [2.05, 4.69) is 5.10 Å². The molecule has 1 aromatic heterocycles. The molecule has 0 N–H and O–H groups in total. The maximum Gasteiger partial charge on any atom is 0.416 e. The van der Waals surface area contributed by atoms with Gasteiger partial charge in [0.15, 0.2) is 0 Å². The molecule has 22 heavy (non-hydrogen) atoms. The second-order valence-corrected chi connectivity index (χ2v) is 4.73. The summed E-state index contributed by atoms with van der Waals surface area (Å²) in [6.07, 6.45) is -1.57. The molecule has 0 amide bonds. The molecule has 3 nitrogen and oxygen atoms in total. The summed E-state index contributed by atoms with van der Waals surface area (Å²) in [5, 5.41) is 4.01. The van der Waals surface area contributed by atoms with Crippen LogP contribution in [0.2, 0.25) is 0 Å². The highest BCUT2D eigenvalue weighted by Gasteiger charge is 2.32. The van der Waals surface area contributed by atoms with E-state index in [-0.39, 0.29) is 5.69 Å². The fraction of sp³-hybridized carbons (Fsp3) is 0.250. The van der Waals surface area contributed by atoms with E-state index in [4.69, 9.17) is 0 Å². The Kier molecular flexibility index (Phi) is 4.80. The fourth-order valence-electron chi connectivity index (χ4n) is 1.93. The number of aromatic nitrogens is 1. The molecule has 0 unspecified atom stereocenters. The summed E-state index contributed by atoms with van der Waals surface area (Å²) >= 11 is 0. The van der Waals surface area contributed by atoms with Crippen LogP contribution in [-0.4, -0.2) is 10.9 Å². The molecule has 1 heterocycles. The highest BCUT2D eigenvalue weighted by molar-refractivity contribution is 5.62. The van der Waals surface area contributed by atoms with Gasteiger partial charge in [0, 0.05) is 17.8 Å². The van der Waals surface area contributed by atoms with Crippen LogP contribution >= 0.6 is 0 Å². The summed E-state index contributed by atoms with van der Waals surface area (Å²) in [5.41, 5.74) is -1.16. The Bertz CT molecular complexity index is 718. The van der Waals surface area contributed by atoms with Gasteiger partial charge in [-0.1, -0.05) is 43.7 Å². The molecular weight excluding hydrogens is 293 g/mol. The van der Waals surface area contributed by atoms with Crippen molar-refractivity contribution in [2.24, 2.45) is 5.10 Å². The lowest BCUT2D eigenvalue weighted by Gasteiger charge is -2.12. The van der Waals surface area contributed by atoms with E-state index in [1.54, 1.807) is 30.3 Å². The lowest BCUT2D eigenvalue weighted by Crippen LogP contribution is -2.21. The molecule has 0 aliphatic carbocycles. The number of hydrogen-bond acceptors (Lipinski definition) is 2. The van der Waals surface area contributed by atoms with Crippen LogP contribution in [0, 0.1) is 0 Å². The number of nitrogens with zero attached hydrogens (tertiary/aromatic N) is 2. The molecule has 0 radical (unpaired) electrons. The van der Waals surface area contributed by atoms with Crippen LogP contribution in [0.3, 0.4) is 0 Å². The maximum atomic E-state index is 12.9. The van der Waals surface area contributed by atoms with Gasteiger partial charge in [-0.25, -0.2) is 0 Å². The van der Waals surface area contributed by atoms with Gasteiger partial charge < -0.3 is 0 Å². The zero-order valence-corrected chi connectivity index (χ0v) is 12.0. The third kappa shape index (κ3) is 3.63. The van der Waals surface area contributed by atoms with Crippen LogP contribution < -0.4 is 5.56 Å². The average molecular weight is 308 g/mol. The summed E-state index contributed by atoms with van der Waals surface area (Å²) in [6.45, 7) is 1.94. The summed E-state index contributed by atoms with van der Waals surface area (Å²) in [6, 6.07) is 9.93. The van der Waals surface area contributed by atoms with Crippen LogP contribution in [-0.2, 0) is 6.18 Å². The largest absolute Gasteiger partial charge is 0.416 e. The number of alkyl halides is 3. The van der Waals surface area contributed by atoms with Crippen molar-refractivity contribution in [3.8, 4) is 11.3 Å². The van der Waals surface area contributed by atoms with Gasteiger partial charge in [-0.3, -0.25) is 4.79 Å². The molecule has 0 spiro atoms. The van der Waals surface area contributed by atoms with Gasteiger partial charge >= 0.3 is 6.18 Å². The Balaban J connectivity index is 2.65. The highest BCUT2D eigenvalue weighted by Crippen LogP contribution is 2.31. The summed E-state index contributed by atoms with van der Waals surface area (Å²) in [5.74, 6) is 0. The van der Waals surface area contributed by atoms with Crippen LogP contribution in [0.1, 0.15) is 25.3 Å². The van der Waals surface area contributed by atoms with E-state index in [1.807, 2.05) is 6.92 Å². The average Bonchev–Trinajstić information content (AvgIpc) is 2.48. The van der Waals surface area contributed by atoms with Crippen molar-refractivity contribution in [2.45, 2.75) is 25.9 Å². The Labute approximate surface area is 125 Å². The number of pyridine rings is 1. The van der Waals surface area contributed by atoms with Crippen LogP contribution in [0.25, 0.3) is 11.3 Å². The Morgan fingerprint density at radius 1 is 1.18 bits per heavy atom. The van der Waals surface area contributed by atoms with Gasteiger partial charge in [-0.2, -0.15) is 22.9 Å². The predicted octanol–water partition coefficient (Wildman–Crippen LogP) is 4.17. The molecule has 6 heteroatoms. The molecule has 0 atom stereocenters. The van der Waals surface area contributed by atoms with Crippen LogP contribution in [0.4, 0.5) is 13.2 Å². The van der Waals surface area contributed by atoms with Gasteiger partial charge in [0.2, 0.25) is 0 Å². The lowest BCUT2D eigenvalue weighted by molar-refractivity contribution is -0.137. The molecule has 2 rings (SSSR count). The fourth-order valence-corrected chi connectivity index (χ4v) is 1.93. The minimum Gasteiger partial charge on any atom is -0.267 e. The third-order valence-electron chi connectivity index (χ3n) is 3.02. The van der Waals surface area contributed by atoms with Crippen LogP contribution in [0.5, 0.6) is 0 Å². The zero-order valence-electron chi connectivity index (χ0n) is 12.0. The third-order valence-corrected chi connectivity index (χ3v) is 3.02. The highest BCUT2D eigenvalue weighted by atomic mass is 19.4. The number of benzene rings is 1. The Hall–Kier alpha value is -2.37. The van der Waals surface area contributed by atoms with Gasteiger partial charge in [-0.05, 0) is 12.5 Å². The van der Waals surface area contributed by atoms with E-state index in [0.29, 0.717) is 18.1 Å². The molecule has 1 aromatic carbocycles. The monoisotopic (exact) mass is 308 g/mol. The molecule has 0 fully saturated rings. The Morgan fingerprint density at radius 2 is 1.86 bits per heavy atom. The van der Waals surface area contributed by atoms with Gasteiger partial charge in [0.05, 0.1) is 11.3 Å². The quantitative estimate of drug-likeness (QED) is 0.781. The summed E-state index contributed by atoms with van der Waals surface area (Å²) in [7, 11) is 0. The predicted molar refractivity (Wildman–Crippen MR) is 79.9 cm³/mol. The van der Waals surface area contributed by atoms with Crippen LogP contribution in [0.15, 0.2) is 52.4 Å². The van der Waals surface area contributed by atoms with Crippen molar-refractivity contribution >= 4 is 6.21 Å². The first kappa shape index (κ1) is 16.0. The maximum absolute atomic E-state index is 12.9. The van der Waals surface area contributed by atoms with Crippen molar-refractivity contribution < 1.29 is 13.2 Å². The first-order chi connectivity index (χ1) is 10.4. The minimum atomic E-state index is -4.57. The summed E-state index contributed by atoms with van der Waals surface area (Å²) < 4.78 is 39.7. The molecule has 116 valence electrons. The SMILES string of the molecule is CCCC=Nn1c(-c2ccccc2)cc(C(F)(F)F)cc1=O. The number of halogens is 3. The van der Waals surface area contributed by atoms with E-state index >= 15 is 0 Å². The van der Waals surface area contributed by atoms with E-state index < -0.39 is 17.3 Å².